The number of aromatic nitrogens is 2. The summed E-state index contributed by atoms with van der Waals surface area (Å²) < 4.78 is 5.49. The third-order valence-corrected chi connectivity index (χ3v) is 2.49. The highest BCUT2D eigenvalue weighted by atomic mass is 16.5. The van der Waals surface area contributed by atoms with Gasteiger partial charge < -0.3 is 15.4 Å². The molecule has 5 nitrogen and oxygen atoms in total. The zero-order valence-electron chi connectivity index (χ0n) is 11.6. The predicted octanol–water partition coefficient (Wildman–Crippen LogP) is 2.45. The molecule has 0 unspecified atom stereocenters. The normalized spacial score (nSPS) is 10.4. The summed E-state index contributed by atoms with van der Waals surface area (Å²) >= 11 is 0. The van der Waals surface area contributed by atoms with Crippen molar-refractivity contribution in [3.63, 3.8) is 0 Å². The maximum Gasteiger partial charge on any atom is 0.224 e. The van der Waals surface area contributed by atoms with Gasteiger partial charge >= 0.3 is 0 Å². The van der Waals surface area contributed by atoms with Crippen molar-refractivity contribution in [1.82, 2.24) is 9.97 Å². The zero-order valence-corrected chi connectivity index (χ0v) is 11.6. The highest BCUT2D eigenvalue weighted by molar-refractivity contribution is 5.46. The Bertz CT molecular complexity index is 344. The summed E-state index contributed by atoms with van der Waals surface area (Å²) in [4.78, 5) is 8.61. The van der Waals surface area contributed by atoms with Crippen molar-refractivity contribution in [2.75, 3.05) is 36.9 Å². The van der Waals surface area contributed by atoms with Crippen molar-refractivity contribution in [2.45, 2.75) is 33.6 Å². The van der Waals surface area contributed by atoms with Crippen molar-refractivity contribution >= 4 is 11.8 Å². The third-order valence-electron chi connectivity index (χ3n) is 2.49. The summed E-state index contributed by atoms with van der Waals surface area (Å²) in [5.74, 6) is 1.54. The molecule has 0 aromatic carbocycles. The summed E-state index contributed by atoms with van der Waals surface area (Å²) in [7, 11) is 0. The molecule has 0 bridgehead atoms. The van der Waals surface area contributed by atoms with Gasteiger partial charge in [-0.25, -0.2) is 4.98 Å². The standard InChI is InChI=1S/C13H24N4O/c1-4-6-8-18-9-7-15-12-11(3)10-16-13(17-12)14-5-2/h10H,4-9H2,1-3H3,(H2,14,15,16,17). The second-order valence-corrected chi connectivity index (χ2v) is 4.15. The molecule has 0 fully saturated rings. The Balaban J connectivity index is 2.34. The first-order valence-corrected chi connectivity index (χ1v) is 6.67. The van der Waals surface area contributed by atoms with Gasteiger partial charge in [0.05, 0.1) is 6.61 Å². The fraction of sp³-hybridized carbons (Fsp3) is 0.692. The van der Waals surface area contributed by atoms with E-state index in [0.717, 1.165) is 37.5 Å². The molecule has 0 radical (unpaired) electrons. The van der Waals surface area contributed by atoms with E-state index in [-0.39, 0.29) is 0 Å². The number of hydrogen-bond acceptors (Lipinski definition) is 5. The van der Waals surface area contributed by atoms with Crippen LogP contribution >= 0.6 is 0 Å². The first-order valence-electron chi connectivity index (χ1n) is 6.67. The van der Waals surface area contributed by atoms with Crippen LogP contribution in [0.4, 0.5) is 11.8 Å². The molecule has 0 atom stereocenters. The van der Waals surface area contributed by atoms with E-state index in [4.69, 9.17) is 4.74 Å². The van der Waals surface area contributed by atoms with Gasteiger partial charge in [0.1, 0.15) is 5.82 Å². The van der Waals surface area contributed by atoms with Crippen LogP contribution in [-0.2, 0) is 4.74 Å². The molecule has 1 aromatic heterocycles. The number of rotatable bonds is 9. The van der Waals surface area contributed by atoms with Crippen LogP contribution in [0, 0.1) is 6.92 Å². The molecule has 0 aliphatic heterocycles. The van der Waals surface area contributed by atoms with Crippen molar-refractivity contribution in [3.05, 3.63) is 11.8 Å². The largest absolute Gasteiger partial charge is 0.380 e. The molecule has 0 aliphatic rings. The summed E-state index contributed by atoms with van der Waals surface area (Å²) in [6.45, 7) is 9.32. The van der Waals surface area contributed by atoms with E-state index in [2.05, 4.69) is 27.5 Å². The molecule has 0 saturated heterocycles. The fourth-order valence-corrected chi connectivity index (χ4v) is 1.45. The molecular weight excluding hydrogens is 228 g/mol. The maximum absolute atomic E-state index is 5.49. The monoisotopic (exact) mass is 252 g/mol. The van der Waals surface area contributed by atoms with Crippen LogP contribution in [0.2, 0.25) is 0 Å². The lowest BCUT2D eigenvalue weighted by Gasteiger charge is -2.10. The predicted molar refractivity (Wildman–Crippen MR) is 75.1 cm³/mol. The highest BCUT2D eigenvalue weighted by Gasteiger charge is 2.02. The quantitative estimate of drug-likeness (QED) is 0.661. The number of nitrogens with one attached hydrogen (secondary N) is 2. The van der Waals surface area contributed by atoms with Gasteiger partial charge in [0.15, 0.2) is 0 Å². The topological polar surface area (TPSA) is 59.1 Å². The Morgan fingerprint density at radius 1 is 1.22 bits per heavy atom. The van der Waals surface area contributed by atoms with Gasteiger partial charge in [-0.3, -0.25) is 0 Å². The van der Waals surface area contributed by atoms with E-state index in [1.807, 2.05) is 20.0 Å². The maximum atomic E-state index is 5.49. The lowest BCUT2D eigenvalue weighted by molar-refractivity contribution is 0.141. The highest BCUT2D eigenvalue weighted by Crippen LogP contribution is 2.11. The molecule has 1 rings (SSSR count). The van der Waals surface area contributed by atoms with E-state index in [9.17, 15) is 0 Å². The number of ether oxygens (including phenoxy) is 1. The fourth-order valence-electron chi connectivity index (χ4n) is 1.45. The first kappa shape index (κ1) is 14.7. The Labute approximate surface area is 109 Å². The van der Waals surface area contributed by atoms with Crippen LogP contribution in [0.15, 0.2) is 6.20 Å². The lowest BCUT2D eigenvalue weighted by Crippen LogP contribution is -2.13. The minimum atomic E-state index is 0.664. The second kappa shape index (κ2) is 8.69. The number of anilines is 2. The van der Waals surface area contributed by atoms with E-state index in [1.165, 1.54) is 6.42 Å². The van der Waals surface area contributed by atoms with Crippen molar-refractivity contribution in [3.8, 4) is 0 Å². The van der Waals surface area contributed by atoms with Crippen LogP contribution in [0.1, 0.15) is 32.3 Å². The third kappa shape index (κ3) is 5.31. The number of nitrogens with zero attached hydrogens (tertiary/aromatic N) is 2. The minimum Gasteiger partial charge on any atom is -0.380 e. The Morgan fingerprint density at radius 3 is 2.78 bits per heavy atom. The van der Waals surface area contributed by atoms with Crippen molar-refractivity contribution in [1.29, 1.82) is 0 Å². The zero-order chi connectivity index (χ0) is 13.2. The van der Waals surface area contributed by atoms with Gasteiger partial charge in [0.2, 0.25) is 5.95 Å². The Hall–Kier alpha value is -1.36. The summed E-state index contributed by atoms with van der Waals surface area (Å²) in [5, 5.41) is 6.37. The molecule has 0 saturated carbocycles. The van der Waals surface area contributed by atoms with Crippen LogP contribution in [-0.4, -0.2) is 36.3 Å². The van der Waals surface area contributed by atoms with E-state index in [1.54, 1.807) is 0 Å². The molecule has 5 heteroatoms. The van der Waals surface area contributed by atoms with Gasteiger partial charge in [0, 0.05) is 31.5 Å². The molecule has 2 N–H and O–H groups in total. The molecule has 18 heavy (non-hydrogen) atoms. The van der Waals surface area contributed by atoms with Gasteiger partial charge in [-0.2, -0.15) is 4.98 Å². The summed E-state index contributed by atoms with van der Waals surface area (Å²) in [6, 6.07) is 0. The molecule has 0 spiro atoms. The van der Waals surface area contributed by atoms with Gasteiger partial charge in [-0.05, 0) is 20.3 Å². The van der Waals surface area contributed by atoms with E-state index >= 15 is 0 Å². The molecule has 0 amide bonds. The van der Waals surface area contributed by atoms with Crippen molar-refractivity contribution in [2.24, 2.45) is 0 Å². The van der Waals surface area contributed by atoms with E-state index < -0.39 is 0 Å². The lowest BCUT2D eigenvalue weighted by atomic mass is 10.3. The number of aryl methyl sites for hydroxylation is 1. The smallest absolute Gasteiger partial charge is 0.224 e. The van der Waals surface area contributed by atoms with Crippen LogP contribution in [0.5, 0.6) is 0 Å². The number of unbranched alkanes of at least 4 members (excludes halogenated alkanes) is 1. The molecule has 0 aliphatic carbocycles. The van der Waals surface area contributed by atoms with Crippen LogP contribution < -0.4 is 10.6 Å². The summed E-state index contributed by atoms with van der Waals surface area (Å²) in [5.41, 5.74) is 1.05. The van der Waals surface area contributed by atoms with Gasteiger partial charge in [0.25, 0.3) is 0 Å². The molecule has 1 heterocycles. The Morgan fingerprint density at radius 2 is 2.06 bits per heavy atom. The average molecular weight is 252 g/mol. The Kier molecular flexibility index (Phi) is 7.10. The van der Waals surface area contributed by atoms with Crippen LogP contribution in [0.3, 0.4) is 0 Å². The molecule has 102 valence electrons. The van der Waals surface area contributed by atoms with Crippen LogP contribution in [0.25, 0.3) is 0 Å². The van der Waals surface area contributed by atoms with Gasteiger partial charge in [-0.15, -0.1) is 0 Å². The first-order chi connectivity index (χ1) is 8.77. The SMILES string of the molecule is CCCCOCCNc1nc(NCC)ncc1C. The van der Waals surface area contributed by atoms with Gasteiger partial charge in [-0.1, -0.05) is 13.3 Å². The molecule has 1 aromatic rings. The number of hydrogen-bond donors (Lipinski definition) is 2. The average Bonchev–Trinajstić information content (AvgIpc) is 2.37. The summed E-state index contributed by atoms with van der Waals surface area (Å²) in [6.07, 6.45) is 4.12. The van der Waals surface area contributed by atoms with E-state index in [0.29, 0.717) is 12.6 Å². The molecular formula is C13H24N4O. The minimum absolute atomic E-state index is 0.664. The van der Waals surface area contributed by atoms with Crippen molar-refractivity contribution < 1.29 is 4.74 Å². The second-order valence-electron chi connectivity index (χ2n) is 4.15.